The molecule has 0 heterocycles. The summed E-state index contributed by atoms with van der Waals surface area (Å²) in [7, 11) is 0. The van der Waals surface area contributed by atoms with Crippen LogP contribution in [0.4, 0.5) is 0 Å². The average Bonchev–Trinajstić information content (AvgIpc) is 2.63. The van der Waals surface area contributed by atoms with Gasteiger partial charge in [-0.1, -0.05) is 38.8 Å². The molecule has 1 aliphatic rings. The number of hydrogen-bond donors (Lipinski definition) is 1. The Balaban J connectivity index is 2.09. The number of hydrogen-bond acceptors (Lipinski definition) is 2. The average molecular weight is 275 g/mol. The van der Waals surface area contributed by atoms with E-state index in [1.165, 1.54) is 24.8 Å². The molecule has 2 heteroatoms. The predicted molar refractivity (Wildman–Crippen MR) is 84.9 cm³/mol. The quantitative estimate of drug-likeness (QED) is 0.822. The van der Waals surface area contributed by atoms with Gasteiger partial charge in [-0.3, -0.25) is 0 Å². The van der Waals surface area contributed by atoms with E-state index >= 15 is 0 Å². The Kier molecular flexibility index (Phi) is 5.09. The molecule has 112 valence electrons. The fraction of sp³-hybridized carbons (Fsp3) is 0.667. The van der Waals surface area contributed by atoms with Crippen molar-refractivity contribution in [3.8, 4) is 5.75 Å². The van der Waals surface area contributed by atoms with Gasteiger partial charge in [0, 0.05) is 5.54 Å². The highest BCUT2D eigenvalue weighted by Gasteiger charge is 2.31. The molecular weight excluding hydrogens is 246 g/mol. The fourth-order valence-corrected chi connectivity index (χ4v) is 3.40. The van der Waals surface area contributed by atoms with Crippen LogP contribution in [-0.4, -0.2) is 6.61 Å². The second-order valence-corrected chi connectivity index (χ2v) is 6.55. The van der Waals surface area contributed by atoms with Crippen LogP contribution < -0.4 is 10.5 Å². The van der Waals surface area contributed by atoms with Crippen LogP contribution in [0.25, 0.3) is 0 Å². The van der Waals surface area contributed by atoms with Gasteiger partial charge in [0.15, 0.2) is 0 Å². The molecule has 0 saturated heterocycles. The fourth-order valence-electron chi connectivity index (χ4n) is 3.40. The van der Waals surface area contributed by atoms with Crippen LogP contribution in [0.15, 0.2) is 24.3 Å². The van der Waals surface area contributed by atoms with E-state index in [2.05, 4.69) is 38.1 Å². The van der Waals surface area contributed by atoms with Gasteiger partial charge in [0.2, 0.25) is 0 Å². The summed E-state index contributed by atoms with van der Waals surface area (Å²) in [5, 5.41) is 0. The van der Waals surface area contributed by atoms with Crippen molar-refractivity contribution in [1.29, 1.82) is 0 Å². The van der Waals surface area contributed by atoms with Gasteiger partial charge in [0.05, 0.1) is 6.61 Å². The van der Waals surface area contributed by atoms with Gasteiger partial charge >= 0.3 is 0 Å². The topological polar surface area (TPSA) is 35.2 Å². The van der Waals surface area contributed by atoms with Gasteiger partial charge in [-0.2, -0.15) is 0 Å². The van der Waals surface area contributed by atoms with Crippen molar-refractivity contribution in [2.75, 3.05) is 6.61 Å². The summed E-state index contributed by atoms with van der Waals surface area (Å²) >= 11 is 0. The van der Waals surface area contributed by atoms with Gasteiger partial charge in [-0.05, 0) is 55.7 Å². The molecule has 2 nitrogen and oxygen atoms in total. The van der Waals surface area contributed by atoms with Crippen LogP contribution in [0.1, 0.15) is 58.4 Å². The van der Waals surface area contributed by atoms with Crippen molar-refractivity contribution in [3.05, 3.63) is 29.8 Å². The van der Waals surface area contributed by atoms with Crippen LogP contribution >= 0.6 is 0 Å². The molecule has 1 saturated carbocycles. The molecule has 1 aromatic carbocycles. The standard InChI is InChI=1S/C18H29NO/c1-4-20-17-9-7-16(8-10-17)18(19)12-5-6-15(11-13-18)14(2)3/h7-10,14-15H,4-6,11-13,19H2,1-3H3. The molecule has 1 fully saturated rings. The molecule has 1 aromatic rings. The predicted octanol–water partition coefficient (Wildman–Crippen LogP) is 4.48. The molecule has 2 N–H and O–H groups in total. The summed E-state index contributed by atoms with van der Waals surface area (Å²) in [5.41, 5.74) is 7.85. The van der Waals surface area contributed by atoms with Gasteiger partial charge in [0.25, 0.3) is 0 Å². The first-order valence-electron chi connectivity index (χ1n) is 8.07. The molecule has 0 aliphatic heterocycles. The Morgan fingerprint density at radius 2 is 1.90 bits per heavy atom. The largest absolute Gasteiger partial charge is 0.494 e. The smallest absolute Gasteiger partial charge is 0.119 e. The highest BCUT2D eigenvalue weighted by molar-refractivity contribution is 5.32. The maximum absolute atomic E-state index is 6.73. The van der Waals surface area contributed by atoms with Gasteiger partial charge in [-0.15, -0.1) is 0 Å². The monoisotopic (exact) mass is 275 g/mol. The summed E-state index contributed by atoms with van der Waals surface area (Å²) in [6, 6.07) is 8.41. The molecule has 2 rings (SSSR count). The first kappa shape index (κ1) is 15.4. The summed E-state index contributed by atoms with van der Waals surface area (Å²) in [5.74, 6) is 2.55. The highest BCUT2D eigenvalue weighted by Crippen LogP contribution is 2.38. The van der Waals surface area contributed by atoms with E-state index in [9.17, 15) is 0 Å². The van der Waals surface area contributed by atoms with Crippen LogP contribution in [0.2, 0.25) is 0 Å². The Labute approximate surface area is 123 Å². The maximum atomic E-state index is 6.73. The summed E-state index contributed by atoms with van der Waals surface area (Å²) in [6.07, 6.45) is 6.02. The number of benzene rings is 1. The SMILES string of the molecule is CCOc1ccc(C2(N)CCCC(C(C)C)CC2)cc1. The molecule has 0 bridgehead atoms. The van der Waals surface area contributed by atoms with E-state index in [0.717, 1.165) is 30.4 Å². The zero-order valence-electron chi connectivity index (χ0n) is 13.2. The van der Waals surface area contributed by atoms with Crippen molar-refractivity contribution in [2.24, 2.45) is 17.6 Å². The lowest BCUT2D eigenvalue weighted by molar-refractivity contribution is 0.324. The van der Waals surface area contributed by atoms with E-state index in [0.29, 0.717) is 6.61 Å². The van der Waals surface area contributed by atoms with Crippen LogP contribution in [0, 0.1) is 11.8 Å². The molecule has 2 atom stereocenters. The Morgan fingerprint density at radius 3 is 2.50 bits per heavy atom. The Morgan fingerprint density at radius 1 is 1.20 bits per heavy atom. The number of rotatable bonds is 4. The van der Waals surface area contributed by atoms with Crippen LogP contribution in [0.3, 0.4) is 0 Å². The normalized spacial score (nSPS) is 27.4. The second-order valence-electron chi connectivity index (χ2n) is 6.55. The third-order valence-electron chi connectivity index (χ3n) is 4.84. The van der Waals surface area contributed by atoms with E-state index in [-0.39, 0.29) is 5.54 Å². The molecule has 0 spiro atoms. The lowest BCUT2D eigenvalue weighted by Gasteiger charge is -2.29. The molecule has 0 aromatic heterocycles. The molecular formula is C18H29NO. The summed E-state index contributed by atoms with van der Waals surface area (Å²) < 4.78 is 5.51. The third-order valence-corrected chi connectivity index (χ3v) is 4.84. The lowest BCUT2D eigenvalue weighted by Crippen LogP contribution is -2.36. The lowest BCUT2D eigenvalue weighted by atomic mass is 9.82. The first-order valence-corrected chi connectivity index (χ1v) is 8.07. The van der Waals surface area contributed by atoms with E-state index in [4.69, 9.17) is 10.5 Å². The highest BCUT2D eigenvalue weighted by atomic mass is 16.5. The van der Waals surface area contributed by atoms with E-state index in [1.807, 2.05) is 6.92 Å². The molecule has 2 unspecified atom stereocenters. The van der Waals surface area contributed by atoms with Crippen LogP contribution in [-0.2, 0) is 5.54 Å². The van der Waals surface area contributed by atoms with E-state index in [1.54, 1.807) is 0 Å². The second kappa shape index (κ2) is 6.62. The van der Waals surface area contributed by atoms with Crippen molar-refractivity contribution in [2.45, 2.75) is 58.4 Å². The minimum atomic E-state index is -0.144. The van der Waals surface area contributed by atoms with Gasteiger partial charge < -0.3 is 10.5 Å². The van der Waals surface area contributed by atoms with E-state index < -0.39 is 0 Å². The van der Waals surface area contributed by atoms with Crippen LogP contribution in [0.5, 0.6) is 5.75 Å². The van der Waals surface area contributed by atoms with Crippen molar-refractivity contribution >= 4 is 0 Å². The van der Waals surface area contributed by atoms with Gasteiger partial charge in [-0.25, -0.2) is 0 Å². The molecule has 20 heavy (non-hydrogen) atoms. The first-order chi connectivity index (χ1) is 9.55. The minimum absolute atomic E-state index is 0.144. The molecule has 1 aliphatic carbocycles. The zero-order valence-corrected chi connectivity index (χ0v) is 13.2. The summed E-state index contributed by atoms with van der Waals surface area (Å²) in [4.78, 5) is 0. The van der Waals surface area contributed by atoms with Gasteiger partial charge in [0.1, 0.15) is 5.75 Å². The number of nitrogens with two attached hydrogens (primary N) is 1. The zero-order chi connectivity index (χ0) is 14.6. The third kappa shape index (κ3) is 3.54. The maximum Gasteiger partial charge on any atom is 0.119 e. The Hall–Kier alpha value is -1.02. The number of ether oxygens (including phenoxy) is 1. The van der Waals surface area contributed by atoms with Crippen molar-refractivity contribution in [1.82, 2.24) is 0 Å². The minimum Gasteiger partial charge on any atom is -0.494 e. The molecule has 0 amide bonds. The summed E-state index contributed by atoms with van der Waals surface area (Å²) in [6.45, 7) is 7.40. The molecule has 0 radical (unpaired) electrons. The van der Waals surface area contributed by atoms with Crippen molar-refractivity contribution < 1.29 is 4.74 Å². The van der Waals surface area contributed by atoms with Crippen molar-refractivity contribution in [3.63, 3.8) is 0 Å². The Bertz CT molecular complexity index is 412.